The fourth-order valence-corrected chi connectivity index (χ4v) is 3.26. The number of benzene rings is 1. The van der Waals surface area contributed by atoms with Gasteiger partial charge in [-0.2, -0.15) is 0 Å². The fourth-order valence-electron chi connectivity index (χ4n) is 3.26. The fraction of sp³-hybridized carbons (Fsp3) is 0.350. The average Bonchev–Trinajstić information content (AvgIpc) is 2.67. The number of nitrogens with zero attached hydrogens (tertiary/aromatic N) is 3. The molecule has 0 aliphatic carbocycles. The van der Waals surface area contributed by atoms with Crippen molar-refractivity contribution in [2.75, 3.05) is 19.7 Å². The van der Waals surface area contributed by atoms with Crippen LogP contribution in [0.5, 0.6) is 5.88 Å². The second-order valence-corrected chi connectivity index (χ2v) is 6.63. The van der Waals surface area contributed by atoms with Crippen LogP contribution in [0.15, 0.2) is 42.7 Å². The number of aryl methyl sites for hydroxylation is 1. The van der Waals surface area contributed by atoms with Crippen LogP contribution in [-0.2, 0) is 0 Å². The molecule has 0 saturated carbocycles. The minimum Gasteiger partial charge on any atom is -0.476 e. The molecule has 1 saturated heterocycles. The van der Waals surface area contributed by atoms with E-state index in [1.54, 1.807) is 12.4 Å². The summed E-state index contributed by atoms with van der Waals surface area (Å²) in [6.07, 6.45) is 5.78. The molecule has 5 heteroatoms. The summed E-state index contributed by atoms with van der Waals surface area (Å²) in [6, 6.07) is 10.3. The normalized spacial score (nSPS) is 17.6. The van der Waals surface area contributed by atoms with Crippen molar-refractivity contribution >= 4 is 11.0 Å². The van der Waals surface area contributed by atoms with Crippen LogP contribution in [0.25, 0.3) is 22.3 Å². The highest BCUT2D eigenvalue weighted by Crippen LogP contribution is 2.27. The van der Waals surface area contributed by atoms with E-state index in [2.05, 4.69) is 40.4 Å². The van der Waals surface area contributed by atoms with Crippen LogP contribution in [0.2, 0.25) is 0 Å². The van der Waals surface area contributed by atoms with Crippen molar-refractivity contribution in [1.82, 2.24) is 20.3 Å². The van der Waals surface area contributed by atoms with Crippen molar-refractivity contribution in [3.8, 4) is 17.1 Å². The quantitative estimate of drug-likeness (QED) is 0.792. The van der Waals surface area contributed by atoms with Gasteiger partial charge in [-0.05, 0) is 38.4 Å². The van der Waals surface area contributed by atoms with E-state index in [9.17, 15) is 0 Å². The standard InChI is InChI=1S/C20H22N4O/c1-14-4-2-6-16(10-14)17-11-18-19(23-9-8-22-18)20(24-17)25-13-15-5-3-7-21-12-15/h2,4,6,8-11,15,21H,3,5,7,12-13H2,1H3. The number of pyridine rings is 1. The number of ether oxygens (including phenoxy) is 1. The molecule has 0 radical (unpaired) electrons. The summed E-state index contributed by atoms with van der Waals surface area (Å²) >= 11 is 0. The van der Waals surface area contributed by atoms with E-state index < -0.39 is 0 Å². The molecule has 128 valence electrons. The first kappa shape index (κ1) is 16.0. The van der Waals surface area contributed by atoms with Crippen molar-refractivity contribution in [3.05, 3.63) is 48.3 Å². The zero-order chi connectivity index (χ0) is 17.1. The molecule has 1 aromatic carbocycles. The minimum atomic E-state index is 0.518. The first-order valence-electron chi connectivity index (χ1n) is 8.82. The maximum absolute atomic E-state index is 6.10. The molecule has 1 atom stereocenters. The van der Waals surface area contributed by atoms with Crippen molar-refractivity contribution < 1.29 is 4.74 Å². The summed E-state index contributed by atoms with van der Waals surface area (Å²) in [5, 5.41) is 3.42. The summed E-state index contributed by atoms with van der Waals surface area (Å²) in [4.78, 5) is 13.6. The number of fused-ring (bicyclic) bond motifs is 1. The van der Waals surface area contributed by atoms with Gasteiger partial charge < -0.3 is 10.1 Å². The molecule has 1 N–H and O–H groups in total. The molecule has 3 aromatic rings. The molecule has 1 unspecified atom stereocenters. The highest BCUT2D eigenvalue weighted by molar-refractivity contribution is 5.83. The number of aromatic nitrogens is 3. The first-order chi connectivity index (χ1) is 12.3. The zero-order valence-electron chi connectivity index (χ0n) is 14.4. The Bertz CT molecular complexity index is 874. The van der Waals surface area contributed by atoms with Crippen molar-refractivity contribution in [2.45, 2.75) is 19.8 Å². The zero-order valence-corrected chi connectivity index (χ0v) is 14.4. The van der Waals surface area contributed by atoms with Gasteiger partial charge in [-0.1, -0.05) is 23.8 Å². The predicted octanol–water partition coefficient (Wildman–Crippen LogP) is 3.38. The van der Waals surface area contributed by atoms with Crippen LogP contribution in [0, 0.1) is 12.8 Å². The summed E-state index contributed by atoms with van der Waals surface area (Å²) in [5.41, 5.74) is 4.67. The molecule has 3 heterocycles. The number of piperidine rings is 1. The topological polar surface area (TPSA) is 59.9 Å². The van der Waals surface area contributed by atoms with E-state index in [1.807, 2.05) is 12.1 Å². The van der Waals surface area contributed by atoms with Gasteiger partial charge in [-0.15, -0.1) is 0 Å². The Hall–Kier alpha value is -2.53. The van der Waals surface area contributed by atoms with Gasteiger partial charge in [0.1, 0.15) is 0 Å². The molecule has 5 nitrogen and oxygen atoms in total. The summed E-state index contributed by atoms with van der Waals surface area (Å²) in [7, 11) is 0. The largest absolute Gasteiger partial charge is 0.476 e. The Morgan fingerprint density at radius 3 is 2.96 bits per heavy atom. The molecular weight excluding hydrogens is 312 g/mol. The van der Waals surface area contributed by atoms with Gasteiger partial charge in [0.15, 0.2) is 5.52 Å². The highest BCUT2D eigenvalue weighted by Gasteiger charge is 2.16. The van der Waals surface area contributed by atoms with Gasteiger partial charge in [0.25, 0.3) is 0 Å². The summed E-state index contributed by atoms with van der Waals surface area (Å²) in [5.74, 6) is 1.09. The van der Waals surface area contributed by atoms with Crippen LogP contribution in [0.4, 0.5) is 0 Å². The molecule has 0 spiro atoms. The maximum Gasteiger partial charge on any atom is 0.242 e. The third-order valence-corrected chi connectivity index (χ3v) is 4.59. The van der Waals surface area contributed by atoms with Gasteiger partial charge >= 0.3 is 0 Å². The Labute approximate surface area is 147 Å². The van der Waals surface area contributed by atoms with E-state index in [1.165, 1.54) is 18.4 Å². The van der Waals surface area contributed by atoms with E-state index >= 15 is 0 Å². The molecule has 25 heavy (non-hydrogen) atoms. The lowest BCUT2D eigenvalue weighted by atomic mass is 10.0. The minimum absolute atomic E-state index is 0.518. The van der Waals surface area contributed by atoms with Gasteiger partial charge in [0, 0.05) is 30.4 Å². The molecule has 1 aliphatic rings. The number of rotatable bonds is 4. The van der Waals surface area contributed by atoms with Gasteiger partial charge in [0.05, 0.1) is 17.8 Å². The Balaban J connectivity index is 1.68. The van der Waals surface area contributed by atoms with Gasteiger partial charge in [0.2, 0.25) is 5.88 Å². The first-order valence-corrected chi connectivity index (χ1v) is 8.82. The van der Waals surface area contributed by atoms with Crippen LogP contribution in [0.3, 0.4) is 0 Å². The molecule has 0 bridgehead atoms. The lowest BCUT2D eigenvalue weighted by Gasteiger charge is -2.22. The molecule has 0 amide bonds. The average molecular weight is 334 g/mol. The van der Waals surface area contributed by atoms with E-state index in [4.69, 9.17) is 9.72 Å². The molecular formula is C20H22N4O. The third-order valence-electron chi connectivity index (χ3n) is 4.59. The summed E-state index contributed by atoms with van der Waals surface area (Å²) in [6.45, 7) is 4.84. The Morgan fingerprint density at radius 1 is 1.20 bits per heavy atom. The molecule has 1 fully saturated rings. The lowest BCUT2D eigenvalue weighted by molar-refractivity contribution is 0.214. The van der Waals surface area contributed by atoms with Crippen LogP contribution in [0.1, 0.15) is 18.4 Å². The number of hydrogen-bond donors (Lipinski definition) is 1. The smallest absolute Gasteiger partial charge is 0.242 e. The summed E-state index contributed by atoms with van der Waals surface area (Å²) < 4.78 is 6.10. The Morgan fingerprint density at radius 2 is 2.12 bits per heavy atom. The van der Waals surface area contributed by atoms with Crippen molar-refractivity contribution in [1.29, 1.82) is 0 Å². The van der Waals surface area contributed by atoms with Gasteiger partial charge in [-0.25, -0.2) is 9.97 Å². The second-order valence-electron chi connectivity index (χ2n) is 6.63. The van der Waals surface area contributed by atoms with E-state index in [-0.39, 0.29) is 0 Å². The highest BCUT2D eigenvalue weighted by atomic mass is 16.5. The Kier molecular flexibility index (Phi) is 4.57. The SMILES string of the molecule is Cc1cccc(-c2cc3nccnc3c(OCC3CCCNC3)n2)c1. The second kappa shape index (κ2) is 7.15. The van der Waals surface area contributed by atoms with Crippen molar-refractivity contribution in [3.63, 3.8) is 0 Å². The lowest BCUT2D eigenvalue weighted by Crippen LogP contribution is -2.33. The maximum atomic E-state index is 6.10. The molecule has 4 rings (SSSR count). The molecule has 1 aliphatic heterocycles. The number of hydrogen-bond acceptors (Lipinski definition) is 5. The monoisotopic (exact) mass is 334 g/mol. The number of nitrogens with one attached hydrogen (secondary N) is 1. The van der Waals surface area contributed by atoms with Crippen LogP contribution >= 0.6 is 0 Å². The van der Waals surface area contributed by atoms with Crippen LogP contribution < -0.4 is 10.1 Å². The molecule has 2 aromatic heterocycles. The van der Waals surface area contributed by atoms with Gasteiger partial charge in [-0.3, -0.25) is 4.98 Å². The van der Waals surface area contributed by atoms with E-state index in [0.717, 1.165) is 35.4 Å². The van der Waals surface area contributed by atoms with E-state index in [0.29, 0.717) is 18.4 Å². The van der Waals surface area contributed by atoms with Crippen molar-refractivity contribution in [2.24, 2.45) is 5.92 Å². The predicted molar refractivity (Wildman–Crippen MR) is 98.6 cm³/mol. The third kappa shape index (κ3) is 3.61. The van der Waals surface area contributed by atoms with Crippen LogP contribution in [-0.4, -0.2) is 34.6 Å².